The van der Waals surface area contributed by atoms with Gasteiger partial charge >= 0.3 is 0 Å². The molecule has 7 nitrogen and oxygen atoms in total. The second-order valence-corrected chi connectivity index (χ2v) is 5.30. The Labute approximate surface area is 133 Å². The van der Waals surface area contributed by atoms with Crippen LogP contribution in [0.15, 0.2) is 36.5 Å². The topological polar surface area (TPSA) is 83.6 Å². The van der Waals surface area contributed by atoms with Crippen molar-refractivity contribution in [2.24, 2.45) is 0 Å². The quantitative estimate of drug-likeness (QED) is 0.902. The number of ether oxygens (including phenoxy) is 1. The smallest absolute Gasteiger partial charge is 0.262 e. The van der Waals surface area contributed by atoms with E-state index in [1.807, 2.05) is 25.1 Å². The van der Waals surface area contributed by atoms with Gasteiger partial charge in [0.25, 0.3) is 11.8 Å². The molecule has 0 radical (unpaired) electrons. The first-order valence-corrected chi connectivity index (χ1v) is 7.04. The van der Waals surface area contributed by atoms with Crippen LogP contribution in [0.2, 0.25) is 0 Å². The number of carbonyl (C=O) groups is 2. The fourth-order valence-electron chi connectivity index (χ4n) is 2.14. The summed E-state index contributed by atoms with van der Waals surface area (Å²) in [4.78, 5) is 29.6. The standard InChI is InChI=1S/C16H16N4O3/c1-20(2)14-6-4-11(8-17-14)18-16(22)10-3-5-12-13(7-10)23-9-15(21)19-12/h3-8H,9H2,1-2H3,(H,18,22)(H,19,21). The van der Waals surface area contributed by atoms with Crippen LogP contribution in [0.3, 0.4) is 0 Å². The van der Waals surface area contributed by atoms with Gasteiger partial charge < -0.3 is 20.3 Å². The maximum atomic E-state index is 12.3. The van der Waals surface area contributed by atoms with Crippen LogP contribution in [-0.2, 0) is 4.79 Å². The highest BCUT2D eigenvalue weighted by Crippen LogP contribution is 2.28. The van der Waals surface area contributed by atoms with Gasteiger partial charge in [-0.15, -0.1) is 0 Å². The predicted octanol–water partition coefficient (Wildman–Crippen LogP) is 1.73. The number of nitrogens with zero attached hydrogens (tertiary/aromatic N) is 2. The maximum absolute atomic E-state index is 12.3. The van der Waals surface area contributed by atoms with Crippen LogP contribution in [0.25, 0.3) is 0 Å². The summed E-state index contributed by atoms with van der Waals surface area (Å²) in [7, 11) is 3.79. The normalized spacial score (nSPS) is 12.7. The van der Waals surface area contributed by atoms with E-state index in [9.17, 15) is 9.59 Å². The lowest BCUT2D eigenvalue weighted by Crippen LogP contribution is -2.25. The summed E-state index contributed by atoms with van der Waals surface area (Å²) in [5, 5.41) is 5.46. The van der Waals surface area contributed by atoms with E-state index in [2.05, 4.69) is 15.6 Å². The first-order valence-electron chi connectivity index (χ1n) is 7.04. The summed E-state index contributed by atoms with van der Waals surface area (Å²) in [6.45, 7) is -0.0476. The van der Waals surface area contributed by atoms with E-state index in [-0.39, 0.29) is 18.4 Å². The van der Waals surface area contributed by atoms with Crippen LogP contribution in [0.4, 0.5) is 17.2 Å². The van der Waals surface area contributed by atoms with Gasteiger partial charge in [-0.25, -0.2) is 4.98 Å². The van der Waals surface area contributed by atoms with Crippen LogP contribution >= 0.6 is 0 Å². The van der Waals surface area contributed by atoms with Crippen LogP contribution in [-0.4, -0.2) is 37.5 Å². The Morgan fingerprint density at radius 2 is 2.13 bits per heavy atom. The van der Waals surface area contributed by atoms with Crippen molar-refractivity contribution >= 4 is 29.0 Å². The molecule has 2 N–H and O–H groups in total. The number of fused-ring (bicyclic) bond motifs is 1. The van der Waals surface area contributed by atoms with Crippen molar-refractivity contribution < 1.29 is 14.3 Å². The molecule has 0 bridgehead atoms. The van der Waals surface area contributed by atoms with Gasteiger partial charge in [0, 0.05) is 19.7 Å². The maximum Gasteiger partial charge on any atom is 0.262 e. The van der Waals surface area contributed by atoms with Gasteiger partial charge in [0.15, 0.2) is 6.61 Å². The Morgan fingerprint density at radius 3 is 2.83 bits per heavy atom. The molecule has 0 fully saturated rings. The Hall–Kier alpha value is -3.09. The first kappa shape index (κ1) is 14.8. The summed E-state index contributed by atoms with van der Waals surface area (Å²) >= 11 is 0. The molecule has 2 amide bonds. The van der Waals surface area contributed by atoms with E-state index in [4.69, 9.17) is 4.74 Å². The molecule has 7 heteroatoms. The molecule has 1 aromatic heterocycles. The number of nitrogens with one attached hydrogen (secondary N) is 2. The van der Waals surface area contributed by atoms with Gasteiger partial charge in [0.05, 0.1) is 17.6 Å². The van der Waals surface area contributed by atoms with E-state index in [0.717, 1.165) is 5.82 Å². The average Bonchev–Trinajstić information content (AvgIpc) is 2.54. The van der Waals surface area contributed by atoms with Gasteiger partial charge in [-0.1, -0.05) is 0 Å². The lowest BCUT2D eigenvalue weighted by atomic mass is 10.1. The Kier molecular flexibility index (Phi) is 3.84. The zero-order valence-electron chi connectivity index (χ0n) is 12.8. The van der Waals surface area contributed by atoms with Crippen LogP contribution in [0.5, 0.6) is 5.75 Å². The number of amides is 2. The molecular weight excluding hydrogens is 296 g/mol. The molecule has 0 atom stereocenters. The summed E-state index contributed by atoms with van der Waals surface area (Å²) in [6, 6.07) is 8.49. The molecule has 1 aromatic carbocycles. The lowest BCUT2D eigenvalue weighted by molar-refractivity contribution is -0.118. The number of pyridine rings is 1. The minimum atomic E-state index is -0.271. The third-order valence-electron chi connectivity index (χ3n) is 3.34. The largest absolute Gasteiger partial charge is 0.482 e. The molecule has 2 heterocycles. The van der Waals surface area contributed by atoms with Gasteiger partial charge in [-0.3, -0.25) is 9.59 Å². The molecule has 2 aromatic rings. The number of benzene rings is 1. The zero-order valence-corrected chi connectivity index (χ0v) is 12.8. The van der Waals surface area contributed by atoms with Crippen molar-refractivity contribution in [1.29, 1.82) is 0 Å². The van der Waals surface area contributed by atoms with Gasteiger partial charge in [0.1, 0.15) is 11.6 Å². The minimum Gasteiger partial charge on any atom is -0.482 e. The number of rotatable bonds is 3. The third kappa shape index (κ3) is 3.23. The summed E-state index contributed by atoms with van der Waals surface area (Å²) in [5.74, 6) is 0.814. The van der Waals surface area contributed by atoms with Crippen LogP contribution in [0, 0.1) is 0 Å². The molecule has 1 aliphatic rings. The van der Waals surface area contributed by atoms with Crippen molar-refractivity contribution in [3.05, 3.63) is 42.1 Å². The Bertz CT molecular complexity index is 756. The van der Waals surface area contributed by atoms with Crippen LogP contribution < -0.4 is 20.3 Å². The molecule has 0 saturated carbocycles. The van der Waals surface area contributed by atoms with Gasteiger partial charge in [-0.05, 0) is 30.3 Å². The third-order valence-corrected chi connectivity index (χ3v) is 3.34. The number of hydrogen-bond donors (Lipinski definition) is 2. The molecule has 1 aliphatic heterocycles. The van der Waals surface area contributed by atoms with E-state index in [1.165, 1.54) is 0 Å². The summed E-state index contributed by atoms with van der Waals surface area (Å²) in [5.41, 5.74) is 1.61. The second-order valence-electron chi connectivity index (χ2n) is 5.30. The monoisotopic (exact) mass is 312 g/mol. The molecule has 0 aliphatic carbocycles. The average molecular weight is 312 g/mol. The molecule has 0 spiro atoms. The van der Waals surface area contributed by atoms with Crippen LogP contribution in [0.1, 0.15) is 10.4 Å². The predicted molar refractivity (Wildman–Crippen MR) is 87.1 cm³/mol. The van der Waals surface area contributed by atoms with Crippen molar-refractivity contribution in [1.82, 2.24) is 4.98 Å². The Morgan fingerprint density at radius 1 is 1.30 bits per heavy atom. The van der Waals surface area contributed by atoms with Crippen molar-refractivity contribution in [3.63, 3.8) is 0 Å². The van der Waals surface area contributed by atoms with E-state index in [1.54, 1.807) is 30.5 Å². The van der Waals surface area contributed by atoms with Crippen molar-refractivity contribution in [2.75, 3.05) is 36.2 Å². The number of aromatic nitrogens is 1. The molecule has 118 valence electrons. The van der Waals surface area contributed by atoms with Crippen molar-refractivity contribution in [3.8, 4) is 5.75 Å². The fraction of sp³-hybridized carbons (Fsp3) is 0.188. The zero-order chi connectivity index (χ0) is 16.4. The molecule has 0 saturated heterocycles. The van der Waals surface area contributed by atoms with Gasteiger partial charge in [-0.2, -0.15) is 0 Å². The first-order chi connectivity index (χ1) is 11.0. The van der Waals surface area contributed by atoms with E-state index >= 15 is 0 Å². The number of carbonyl (C=O) groups excluding carboxylic acids is 2. The van der Waals surface area contributed by atoms with E-state index in [0.29, 0.717) is 22.7 Å². The molecular formula is C16H16N4O3. The van der Waals surface area contributed by atoms with Gasteiger partial charge in [0.2, 0.25) is 0 Å². The summed E-state index contributed by atoms with van der Waals surface area (Å²) < 4.78 is 5.31. The number of anilines is 3. The highest BCUT2D eigenvalue weighted by Gasteiger charge is 2.18. The van der Waals surface area contributed by atoms with Crippen molar-refractivity contribution in [2.45, 2.75) is 0 Å². The highest BCUT2D eigenvalue weighted by atomic mass is 16.5. The SMILES string of the molecule is CN(C)c1ccc(NC(=O)c2ccc3c(c2)OCC(=O)N3)cn1. The molecule has 0 unspecified atom stereocenters. The molecule has 23 heavy (non-hydrogen) atoms. The highest BCUT2D eigenvalue weighted by molar-refractivity contribution is 6.05. The Balaban J connectivity index is 1.74. The summed E-state index contributed by atoms with van der Waals surface area (Å²) in [6.07, 6.45) is 1.60. The number of hydrogen-bond acceptors (Lipinski definition) is 5. The molecule has 3 rings (SSSR count). The minimum absolute atomic E-state index is 0.0476. The lowest BCUT2D eigenvalue weighted by Gasteiger charge is -2.18. The fourth-order valence-corrected chi connectivity index (χ4v) is 2.14. The van der Waals surface area contributed by atoms with E-state index < -0.39 is 0 Å². The second kappa shape index (κ2) is 5.96.